The van der Waals surface area contributed by atoms with Gasteiger partial charge in [0.15, 0.2) is 23.0 Å². The minimum absolute atomic E-state index is 0.0516. The number of rotatable bonds is 0. The molecule has 0 saturated heterocycles. The monoisotopic (exact) mass is 642 g/mol. The highest BCUT2D eigenvalue weighted by atomic mass is 35.5. The Morgan fingerprint density at radius 2 is 1.02 bits per heavy atom. The maximum absolute atomic E-state index is 10.6. The van der Waals surface area contributed by atoms with Gasteiger partial charge in [0.05, 0.1) is 10.0 Å². The third kappa shape index (κ3) is 6.83. The highest BCUT2D eigenvalue weighted by Gasteiger charge is 2.19. The van der Waals surface area contributed by atoms with Gasteiger partial charge >= 0.3 is 0 Å². The molecule has 0 radical (unpaired) electrons. The molecule has 11 heteroatoms. The Balaban J connectivity index is 1.60. The summed E-state index contributed by atoms with van der Waals surface area (Å²) in [6.07, 6.45) is 5.89. The fourth-order valence-corrected chi connectivity index (χ4v) is 5.19. The molecule has 4 aromatic rings. The van der Waals surface area contributed by atoms with Crippen molar-refractivity contribution in [3.05, 3.63) is 104 Å². The van der Waals surface area contributed by atoms with Crippen LogP contribution in [0.1, 0.15) is 22.3 Å². The number of allylic oxidation sites excluding steroid dienone is 4. The van der Waals surface area contributed by atoms with Crippen molar-refractivity contribution < 1.29 is 40.1 Å². The van der Waals surface area contributed by atoms with E-state index in [0.717, 1.165) is 6.07 Å². The first-order valence-electron chi connectivity index (χ1n) is 13.0. The minimum atomic E-state index is -0.352. The summed E-state index contributed by atoms with van der Waals surface area (Å²) in [5, 5.41) is 63.5. The van der Waals surface area contributed by atoms with Crippen LogP contribution in [-0.2, 0) is 25.7 Å². The van der Waals surface area contributed by atoms with E-state index in [1.54, 1.807) is 18.2 Å². The Bertz CT molecular complexity index is 1760. The molecule has 222 valence electrons. The Labute approximate surface area is 261 Å². The van der Waals surface area contributed by atoms with Crippen LogP contribution >= 0.6 is 34.8 Å². The van der Waals surface area contributed by atoms with Gasteiger partial charge in [-0.15, -0.1) is 0 Å². The number of phenols is 6. The van der Waals surface area contributed by atoms with Gasteiger partial charge in [-0.1, -0.05) is 53.0 Å². The number of hydrogen-bond donors (Lipinski definition) is 6. The highest BCUT2D eigenvalue weighted by molar-refractivity contribution is 6.32. The lowest BCUT2D eigenvalue weighted by atomic mass is 10.1. The topological polar surface area (TPSA) is 140 Å². The lowest BCUT2D eigenvalue weighted by Gasteiger charge is -2.15. The van der Waals surface area contributed by atoms with E-state index >= 15 is 0 Å². The molecule has 0 unspecified atom stereocenters. The molecule has 43 heavy (non-hydrogen) atoms. The van der Waals surface area contributed by atoms with Gasteiger partial charge in [-0.3, -0.25) is 0 Å². The fraction of sp³-hybridized carbons (Fsp3) is 0.125. The second-order valence-corrected chi connectivity index (χ2v) is 11.2. The van der Waals surface area contributed by atoms with Gasteiger partial charge in [0.1, 0.15) is 28.7 Å². The number of ether oxygens (including phenoxy) is 2. The molecule has 8 nitrogen and oxygen atoms in total. The van der Waals surface area contributed by atoms with Crippen LogP contribution in [0.5, 0.6) is 57.5 Å². The van der Waals surface area contributed by atoms with Crippen molar-refractivity contribution in [1.29, 1.82) is 0 Å². The summed E-state index contributed by atoms with van der Waals surface area (Å²) in [6, 6.07) is 11.0. The third-order valence-electron chi connectivity index (χ3n) is 6.69. The van der Waals surface area contributed by atoms with E-state index in [9.17, 15) is 30.6 Å². The largest absolute Gasteiger partial charge is 0.508 e. The normalized spacial score (nSPS) is 15.6. The summed E-state index contributed by atoms with van der Waals surface area (Å²) >= 11 is 19.1. The van der Waals surface area contributed by atoms with E-state index < -0.39 is 0 Å². The first-order chi connectivity index (χ1) is 20.5. The Kier molecular flexibility index (Phi) is 8.73. The predicted octanol–water partition coefficient (Wildman–Crippen LogP) is 8.37. The lowest BCUT2D eigenvalue weighted by molar-refractivity contribution is 0.375. The van der Waals surface area contributed by atoms with E-state index in [1.165, 1.54) is 42.5 Å². The van der Waals surface area contributed by atoms with Crippen molar-refractivity contribution in [3.8, 4) is 57.5 Å². The standard InChI is InChI=1S/C32H25Cl3O8/c33-20-6-5-18-12-29(22(34)15-25(18)38)42-31-19(10-21(36)13-28(31)41)4-2-1-3-17-11-30(23(35)14-24(17)37)43-32-26(39)8-16(7-20)9-27(32)40/h1-2,6,8-15,36-41H,3-5,7H2/b2-1-,20-6+. The van der Waals surface area contributed by atoms with Crippen molar-refractivity contribution >= 4 is 34.8 Å². The first-order valence-corrected chi connectivity index (χ1v) is 14.1. The molecule has 6 N–H and O–H groups in total. The van der Waals surface area contributed by atoms with Gasteiger partial charge in [-0.25, -0.2) is 0 Å². The molecule has 0 aliphatic carbocycles. The Hall–Kier alpha value is -4.37. The second-order valence-electron chi connectivity index (χ2n) is 9.85. The van der Waals surface area contributed by atoms with Crippen molar-refractivity contribution in [2.75, 3.05) is 0 Å². The lowest BCUT2D eigenvalue weighted by Crippen LogP contribution is -1.95. The van der Waals surface area contributed by atoms with E-state index in [1.807, 2.05) is 0 Å². The fourth-order valence-electron chi connectivity index (χ4n) is 4.57. The molecule has 2 aliphatic heterocycles. The first kappa shape index (κ1) is 30.1. The van der Waals surface area contributed by atoms with Crippen LogP contribution in [-0.4, -0.2) is 30.6 Å². The average Bonchev–Trinajstić information content (AvgIpc) is 2.92. The minimum Gasteiger partial charge on any atom is -0.508 e. The quantitative estimate of drug-likeness (QED) is 0.105. The van der Waals surface area contributed by atoms with Crippen molar-refractivity contribution in [3.63, 3.8) is 0 Å². The molecule has 2 aliphatic rings. The van der Waals surface area contributed by atoms with Crippen LogP contribution in [0.2, 0.25) is 10.0 Å². The summed E-state index contributed by atoms with van der Waals surface area (Å²) in [5.74, 6) is -1.33. The summed E-state index contributed by atoms with van der Waals surface area (Å²) in [4.78, 5) is 0. The summed E-state index contributed by atoms with van der Waals surface area (Å²) < 4.78 is 11.8. The number of fused-ring (bicyclic) bond motifs is 6. The SMILES string of the molecule is Oc1cc(O)c2c(c1)C/C=C\Cc1cc(c(Cl)cc1O)Oc1c(O)cc(cc1O)C/C(Cl)=C\Cc1cc(c(Cl)cc1O)O2. The zero-order valence-electron chi connectivity index (χ0n) is 22.3. The van der Waals surface area contributed by atoms with E-state index in [0.29, 0.717) is 27.3 Å². The van der Waals surface area contributed by atoms with Crippen molar-refractivity contribution in [1.82, 2.24) is 0 Å². The second kappa shape index (κ2) is 12.5. The zero-order valence-corrected chi connectivity index (χ0v) is 24.6. The molecule has 0 spiro atoms. The third-order valence-corrected chi connectivity index (χ3v) is 7.57. The van der Waals surface area contributed by atoms with Crippen molar-refractivity contribution in [2.45, 2.75) is 25.7 Å². The predicted molar refractivity (Wildman–Crippen MR) is 164 cm³/mol. The molecule has 2 heterocycles. The van der Waals surface area contributed by atoms with E-state index in [-0.39, 0.29) is 93.2 Å². The van der Waals surface area contributed by atoms with Gasteiger partial charge in [0.25, 0.3) is 0 Å². The van der Waals surface area contributed by atoms with Crippen LogP contribution < -0.4 is 9.47 Å². The maximum Gasteiger partial charge on any atom is 0.210 e. The number of benzene rings is 4. The molecule has 0 fully saturated rings. The molecule has 0 atom stereocenters. The number of phenolic OH excluding ortho intramolecular Hbond substituents is 6. The van der Waals surface area contributed by atoms with Crippen LogP contribution in [0, 0.1) is 0 Å². The molecule has 0 saturated carbocycles. The summed E-state index contributed by atoms with van der Waals surface area (Å²) in [5.41, 5.74) is 1.77. The van der Waals surface area contributed by atoms with Crippen molar-refractivity contribution in [2.24, 2.45) is 0 Å². The average molecular weight is 644 g/mol. The zero-order chi connectivity index (χ0) is 30.8. The Morgan fingerprint density at radius 1 is 0.512 bits per heavy atom. The van der Waals surface area contributed by atoms with Crippen LogP contribution in [0.4, 0.5) is 0 Å². The van der Waals surface area contributed by atoms with Gasteiger partial charge in [-0.2, -0.15) is 0 Å². The summed E-state index contributed by atoms with van der Waals surface area (Å²) in [6.45, 7) is 0. The van der Waals surface area contributed by atoms with Gasteiger partial charge in [0, 0.05) is 46.3 Å². The summed E-state index contributed by atoms with van der Waals surface area (Å²) in [7, 11) is 0. The Morgan fingerprint density at radius 3 is 1.63 bits per heavy atom. The molecule has 6 rings (SSSR count). The smallest absolute Gasteiger partial charge is 0.210 e. The van der Waals surface area contributed by atoms with E-state index in [4.69, 9.17) is 44.3 Å². The van der Waals surface area contributed by atoms with Gasteiger partial charge < -0.3 is 40.1 Å². The van der Waals surface area contributed by atoms with Gasteiger partial charge in [0.2, 0.25) is 5.75 Å². The highest BCUT2D eigenvalue weighted by Crippen LogP contribution is 2.45. The number of hydrogen-bond acceptors (Lipinski definition) is 8. The number of halogens is 3. The molecule has 0 aromatic heterocycles. The molecule has 0 amide bonds. The molecule has 4 aromatic carbocycles. The van der Waals surface area contributed by atoms with E-state index in [2.05, 4.69) is 0 Å². The van der Waals surface area contributed by atoms with Crippen LogP contribution in [0.3, 0.4) is 0 Å². The maximum atomic E-state index is 10.6. The van der Waals surface area contributed by atoms with Crippen LogP contribution in [0.15, 0.2) is 71.8 Å². The van der Waals surface area contributed by atoms with Gasteiger partial charge in [-0.05, 0) is 55.2 Å². The number of aromatic hydroxyl groups is 6. The van der Waals surface area contributed by atoms with Crippen LogP contribution in [0.25, 0.3) is 0 Å². The molecular weight excluding hydrogens is 619 g/mol. The molecular formula is C32H25Cl3O8. The molecule has 6 bridgehead atoms.